The number of amides is 1. The Morgan fingerprint density at radius 2 is 2.04 bits per heavy atom. The van der Waals surface area contributed by atoms with Crippen molar-refractivity contribution in [3.05, 3.63) is 29.6 Å². The molecule has 1 amide bonds. The molecule has 2 heterocycles. The van der Waals surface area contributed by atoms with E-state index in [9.17, 15) is 9.18 Å². The fraction of sp³-hybridized carbons (Fsp3) is 0.562. The summed E-state index contributed by atoms with van der Waals surface area (Å²) in [5, 5.41) is 3.36. The molecule has 0 aromatic heterocycles. The molecule has 0 radical (unpaired) electrons. The summed E-state index contributed by atoms with van der Waals surface area (Å²) in [6.45, 7) is 5.74. The predicted molar refractivity (Wildman–Crippen MR) is 94.2 cm³/mol. The molecule has 128 valence electrons. The predicted octanol–water partition coefficient (Wildman–Crippen LogP) is 2.09. The molecule has 3 rings (SSSR count). The number of hydrogen-bond donors (Lipinski definition) is 1. The van der Waals surface area contributed by atoms with Gasteiger partial charge in [0.2, 0.25) is 0 Å². The van der Waals surface area contributed by atoms with Crippen LogP contribution in [0.1, 0.15) is 16.8 Å². The van der Waals surface area contributed by atoms with Gasteiger partial charge in [-0.25, -0.2) is 4.39 Å². The van der Waals surface area contributed by atoms with Crippen LogP contribution in [0.4, 0.5) is 4.39 Å². The number of nitrogens with one attached hydrogen (secondary N) is 1. The van der Waals surface area contributed by atoms with Gasteiger partial charge < -0.3 is 10.2 Å². The van der Waals surface area contributed by atoms with Crippen molar-refractivity contribution in [1.29, 1.82) is 0 Å². The Balaban J connectivity index is 0.00000192. The SMILES string of the molecule is CSc1cc(C(=O)N2CCC(N3CCNCC3)C2)ccc1F.Cl. The number of likely N-dealkylation sites (tertiary alicyclic amines) is 1. The number of carbonyl (C=O) groups excluding carboxylic acids is 1. The van der Waals surface area contributed by atoms with E-state index >= 15 is 0 Å². The van der Waals surface area contributed by atoms with Crippen molar-refractivity contribution < 1.29 is 9.18 Å². The second-order valence-corrected chi connectivity index (χ2v) is 6.68. The Kier molecular flexibility index (Phi) is 6.71. The number of carbonyl (C=O) groups is 1. The number of halogens is 2. The lowest BCUT2D eigenvalue weighted by Crippen LogP contribution is -2.49. The van der Waals surface area contributed by atoms with Crippen LogP contribution in [-0.2, 0) is 0 Å². The number of nitrogens with zero attached hydrogens (tertiary/aromatic N) is 2. The van der Waals surface area contributed by atoms with Crippen LogP contribution in [-0.4, -0.2) is 67.3 Å². The highest BCUT2D eigenvalue weighted by atomic mass is 35.5. The Hall–Kier alpha value is -0.820. The molecule has 2 fully saturated rings. The fourth-order valence-corrected chi connectivity index (χ4v) is 3.75. The number of piperazine rings is 1. The average molecular weight is 360 g/mol. The van der Waals surface area contributed by atoms with E-state index in [0.29, 0.717) is 16.5 Å². The molecule has 1 atom stereocenters. The first kappa shape index (κ1) is 18.5. The third-order valence-electron chi connectivity index (χ3n) is 4.52. The Morgan fingerprint density at radius 1 is 1.30 bits per heavy atom. The summed E-state index contributed by atoms with van der Waals surface area (Å²) in [4.78, 5) is 17.5. The third kappa shape index (κ3) is 4.18. The molecular weight excluding hydrogens is 337 g/mol. The second kappa shape index (κ2) is 8.33. The molecule has 1 aromatic carbocycles. The minimum Gasteiger partial charge on any atom is -0.337 e. The Labute approximate surface area is 147 Å². The van der Waals surface area contributed by atoms with Gasteiger partial charge in [0.15, 0.2) is 0 Å². The van der Waals surface area contributed by atoms with Gasteiger partial charge in [0.05, 0.1) is 0 Å². The van der Waals surface area contributed by atoms with E-state index in [1.807, 2.05) is 11.2 Å². The molecule has 1 N–H and O–H groups in total. The first-order valence-corrected chi connectivity index (χ1v) is 8.99. The number of thioether (sulfide) groups is 1. The van der Waals surface area contributed by atoms with Gasteiger partial charge in [-0.05, 0) is 30.9 Å². The monoisotopic (exact) mass is 359 g/mol. The zero-order valence-corrected chi connectivity index (χ0v) is 14.9. The van der Waals surface area contributed by atoms with Gasteiger partial charge in [-0.15, -0.1) is 24.2 Å². The molecule has 0 saturated carbocycles. The first-order valence-electron chi connectivity index (χ1n) is 7.76. The lowest BCUT2D eigenvalue weighted by atomic mass is 10.2. The minimum atomic E-state index is -0.260. The van der Waals surface area contributed by atoms with Crippen LogP contribution in [0.2, 0.25) is 0 Å². The van der Waals surface area contributed by atoms with E-state index in [4.69, 9.17) is 0 Å². The molecular formula is C16H23ClFN3OS. The number of rotatable bonds is 3. The summed E-state index contributed by atoms with van der Waals surface area (Å²) >= 11 is 1.33. The van der Waals surface area contributed by atoms with Gasteiger partial charge in [-0.3, -0.25) is 9.69 Å². The van der Waals surface area contributed by atoms with E-state index in [0.717, 1.165) is 45.7 Å². The van der Waals surface area contributed by atoms with Gasteiger partial charge in [0.1, 0.15) is 5.82 Å². The molecule has 1 unspecified atom stereocenters. The van der Waals surface area contributed by atoms with E-state index < -0.39 is 0 Å². The molecule has 1 aromatic rings. The molecule has 2 aliphatic rings. The molecule has 0 bridgehead atoms. The maximum atomic E-state index is 13.6. The van der Waals surface area contributed by atoms with E-state index in [1.54, 1.807) is 12.1 Å². The van der Waals surface area contributed by atoms with Crippen molar-refractivity contribution in [3.63, 3.8) is 0 Å². The van der Waals surface area contributed by atoms with Gasteiger partial charge in [-0.2, -0.15) is 0 Å². The highest BCUT2D eigenvalue weighted by Crippen LogP contribution is 2.23. The molecule has 0 aliphatic carbocycles. The van der Waals surface area contributed by atoms with E-state index in [1.165, 1.54) is 17.8 Å². The maximum absolute atomic E-state index is 13.6. The lowest BCUT2D eigenvalue weighted by molar-refractivity contribution is 0.0773. The van der Waals surface area contributed by atoms with Crippen LogP contribution in [0.15, 0.2) is 23.1 Å². The van der Waals surface area contributed by atoms with Gasteiger partial charge in [0.25, 0.3) is 5.91 Å². The molecule has 23 heavy (non-hydrogen) atoms. The van der Waals surface area contributed by atoms with Crippen LogP contribution in [0.25, 0.3) is 0 Å². The summed E-state index contributed by atoms with van der Waals surface area (Å²) in [6.07, 6.45) is 2.85. The summed E-state index contributed by atoms with van der Waals surface area (Å²) < 4.78 is 13.6. The van der Waals surface area contributed by atoms with Crippen molar-refractivity contribution in [2.24, 2.45) is 0 Å². The molecule has 2 saturated heterocycles. The highest BCUT2D eigenvalue weighted by Gasteiger charge is 2.31. The maximum Gasteiger partial charge on any atom is 0.253 e. The summed E-state index contributed by atoms with van der Waals surface area (Å²) in [5.41, 5.74) is 0.590. The average Bonchev–Trinajstić information content (AvgIpc) is 3.05. The van der Waals surface area contributed by atoms with Crippen molar-refractivity contribution >= 4 is 30.1 Å². The quantitative estimate of drug-likeness (QED) is 0.838. The topological polar surface area (TPSA) is 35.6 Å². The zero-order valence-electron chi connectivity index (χ0n) is 13.3. The third-order valence-corrected chi connectivity index (χ3v) is 5.27. The normalized spacial score (nSPS) is 22.0. The highest BCUT2D eigenvalue weighted by molar-refractivity contribution is 7.98. The minimum absolute atomic E-state index is 0. The number of benzene rings is 1. The van der Waals surface area contributed by atoms with Gasteiger partial charge >= 0.3 is 0 Å². The van der Waals surface area contributed by atoms with Crippen LogP contribution in [0.5, 0.6) is 0 Å². The summed E-state index contributed by atoms with van der Waals surface area (Å²) in [6, 6.07) is 5.12. The molecule has 0 spiro atoms. The van der Waals surface area contributed by atoms with Crippen molar-refractivity contribution in [3.8, 4) is 0 Å². The van der Waals surface area contributed by atoms with Crippen LogP contribution in [0.3, 0.4) is 0 Å². The molecule has 4 nitrogen and oxygen atoms in total. The smallest absolute Gasteiger partial charge is 0.253 e. The van der Waals surface area contributed by atoms with E-state index in [2.05, 4.69) is 10.2 Å². The zero-order chi connectivity index (χ0) is 15.5. The van der Waals surface area contributed by atoms with Crippen LogP contribution < -0.4 is 5.32 Å². The fourth-order valence-electron chi connectivity index (χ4n) is 3.25. The lowest BCUT2D eigenvalue weighted by Gasteiger charge is -2.32. The summed E-state index contributed by atoms with van der Waals surface area (Å²) in [7, 11) is 0. The molecule has 2 aliphatic heterocycles. The second-order valence-electron chi connectivity index (χ2n) is 5.83. The van der Waals surface area contributed by atoms with Gasteiger partial charge in [-0.1, -0.05) is 0 Å². The van der Waals surface area contributed by atoms with E-state index in [-0.39, 0.29) is 24.1 Å². The standard InChI is InChI=1S/C16H22FN3OS.ClH/c1-22-15-10-12(2-3-14(15)17)16(21)20-7-4-13(11-20)19-8-5-18-6-9-19;/h2-3,10,13,18H,4-9,11H2,1H3;1H. The van der Waals surface area contributed by atoms with Crippen LogP contribution >= 0.6 is 24.2 Å². The summed E-state index contributed by atoms with van der Waals surface area (Å²) in [5.74, 6) is -0.239. The van der Waals surface area contributed by atoms with Crippen molar-refractivity contribution in [2.75, 3.05) is 45.5 Å². The largest absolute Gasteiger partial charge is 0.337 e. The number of hydrogen-bond acceptors (Lipinski definition) is 4. The Bertz CT molecular complexity index is 554. The first-order chi connectivity index (χ1) is 10.7. The van der Waals surface area contributed by atoms with Gasteiger partial charge in [0, 0.05) is 55.8 Å². The van der Waals surface area contributed by atoms with Crippen molar-refractivity contribution in [2.45, 2.75) is 17.4 Å². The Morgan fingerprint density at radius 3 is 2.74 bits per heavy atom. The van der Waals surface area contributed by atoms with Crippen molar-refractivity contribution in [1.82, 2.24) is 15.1 Å². The van der Waals surface area contributed by atoms with Crippen LogP contribution in [0, 0.1) is 5.82 Å². The molecule has 7 heteroatoms.